The Labute approximate surface area is 112 Å². The second-order valence-electron chi connectivity index (χ2n) is 6.33. The van der Waals surface area contributed by atoms with Crippen LogP contribution in [0.1, 0.15) is 52.9 Å². The van der Waals surface area contributed by atoms with E-state index >= 15 is 0 Å². The van der Waals surface area contributed by atoms with E-state index in [2.05, 4.69) is 30.6 Å². The number of nitrogens with zero attached hydrogens (tertiary/aromatic N) is 2. The maximum atomic E-state index is 12.5. The van der Waals surface area contributed by atoms with Crippen LogP contribution in [0.15, 0.2) is 0 Å². The van der Waals surface area contributed by atoms with Gasteiger partial charge in [-0.05, 0) is 43.4 Å². The molecule has 2 heterocycles. The molecule has 2 rings (SSSR count). The van der Waals surface area contributed by atoms with E-state index in [0.717, 1.165) is 32.1 Å². The molecule has 0 unspecified atom stereocenters. The maximum Gasteiger partial charge on any atom is 0.320 e. The van der Waals surface area contributed by atoms with Gasteiger partial charge in [-0.1, -0.05) is 20.8 Å². The summed E-state index contributed by atoms with van der Waals surface area (Å²) in [5, 5.41) is 0. The van der Waals surface area contributed by atoms with E-state index in [-0.39, 0.29) is 0 Å². The molecule has 0 bridgehead atoms. The molecule has 0 aliphatic carbocycles. The van der Waals surface area contributed by atoms with Gasteiger partial charge >= 0.3 is 6.03 Å². The molecule has 2 aliphatic rings. The van der Waals surface area contributed by atoms with Crippen molar-refractivity contribution in [2.45, 2.75) is 52.9 Å². The third kappa shape index (κ3) is 2.65. The molecule has 3 heteroatoms. The summed E-state index contributed by atoms with van der Waals surface area (Å²) in [7, 11) is 0. The fourth-order valence-corrected chi connectivity index (χ4v) is 3.33. The van der Waals surface area contributed by atoms with Crippen LogP contribution in [0.5, 0.6) is 0 Å². The highest BCUT2D eigenvalue weighted by molar-refractivity contribution is 5.75. The summed E-state index contributed by atoms with van der Waals surface area (Å²) in [4.78, 5) is 16.6. The van der Waals surface area contributed by atoms with Crippen LogP contribution in [0.2, 0.25) is 0 Å². The smallest absolute Gasteiger partial charge is 0.320 e. The van der Waals surface area contributed by atoms with Crippen LogP contribution in [0.25, 0.3) is 0 Å². The minimum Gasteiger partial charge on any atom is -0.325 e. The molecule has 2 amide bonds. The molecule has 18 heavy (non-hydrogen) atoms. The lowest BCUT2D eigenvalue weighted by atomic mass is 9.82. The molecular formula is C15H28N2O. The highest BCUT2D eigenvalue weighted by Crippen LogP contribution is 2.37. The molecule has 2 fully saturated rings. The molecule has 2 aliphatic heterocycles. The number of carbonyl (C=O) groups is 1. The standard InChI is InChI=1S/C15H28N2O/c1-4-15(5-2)8-11-17(12-15)14(18)16-9-6-13(3)7-10-16/h13H,4-12H2,1-3H3. The van der Waals surface area contributed by atoms with E-state index in [1.165, 1.54) is 32.1 Å². The van der Waals surface area contributed by atoms with Crippen LogP contribution in [0.3, 0.4) is 0 Å². The lowest BCUT2D eigenvalue weighted by Crippen LogP contribution is -2.46. The number of amides is 2. The minimum absolute atomic E-state index is 0.297. The fraction of sp³-hybridized carbons (Fsp3) is 0.933. The topological polar surface area (TPSA) is 23.6 Å². The number of piperidine rings is 1. The van der Waals surface area contributed by atoms with E-state index in [1.807, 2.05) is 0 Å². The molecule has 0 atom stereocenters. The van der Waals surface area contributed by atoms with Crippen molar-refractivity contribution in [1.82, 2.24) is 9.80 Å². The van der Waals surface area contributed by atoms with Gasteiger partial charge < -0.3 is 9.80 Å². The van der Waals surface area contributed by atoms with E-state index in [1.54, 1.807) is 0 Å². The Morgan fingerprint density at radius 2 is 1.72 bits per heavy atom. The molecule has 0 N–H and O–H groups in total. The first-order valence-electron chi connectivity index (χ1n) is 7.64. The SMILES string of the molecule is CCC1(CC)CCN(C(=O)N2CCC(C)CC2)C1. The van der Waals surface area contributed by atoms with Gasteiger partial charge in [-0.3, -0.25) is 0 Å². The third-order valence-electron chi connectivity index (χ3n) is 5.26. The van der Waals surface area contributed by atoms with Crippen molar-refractivity contribution in [3.05, 3.63) is 0 Å². The van der Waals surface area contributed by atoms with Crippen LogP contribution >= 0.6 is 0 Å². The highest BCUT2D eigenvalue weighted by Gasteiger charge is 2.38. The van der Waals surface area contributed by atoms with Crippen LogP contribution in [-0.2, 0) is 0 Å². The predicted molar refractivity (Wildman–Crippen MR) is 74.6 cm³/mol. The Morgan fingerprint density at radius 1 is 1.11 bits per heavy atom. The van der Waals surface area contributed by atoms with Crippen LogP contribution in [-0.4, -0.2) is 42.0 Å². The summed E-state index contributed by atoms with van der Waals surface area (Å²) in [5.74, 6) is 0.790. The number of carbonyl (C=O) groups excluding carboxylic acids is 1. The summed E-state index contributed by atoms with van der Waals surface area (Å²) in [6.07, 6.45) is 5.93. The van der Waals surface area contributed by atoms with E-state index in [0.29, 0.717) is 11.4 Å². The molecule has 3 nitrogen and oxygen atoms in total. The summed E-state index contributed by atoms with van der Waals surface area (Å²) < 4.78 is 0. The van der Waals surface area contributed by atoms with Gasteiger partial charge in [0.1, 0.15) is 0 Å². The second-order valence-corrected chi connectivity index (χ2v) is 6.33. The van der Waals surface area contributed by atoms with Gasteiger partial charge in [0.2, 0.25) is 0 Å². The van der Waals surface area contributed by atoms with Crippen molar-refractivity contribution in [1.29, 1.82) is 0 Å². The molecule has 0 saturated carbocycles. The average molecular weight is 252 g/mol. The van der Waals surface area contributed by atoms with Crippen LogP contribution < -0.4 is 0 Å². The normalized spacial score (nSPS) is 24.6. The molecule has 0 aromatic rings. The highest BCUT2D eigenvalue weighted by atomic mass is 16.2. The number of urea groups is 1. The summed E-state index contributed by atoms with van der Waals surface area (Å²) in [5.41, 5.74) is 0.402. The number of hydrogen-bond donors (Lipinski definition) is 0. The monoisotopic (exact) mass is 252 g/mol. The van der Waals surface area contributed by atoms with E-state index < -0.39 is 0 Å². The summed E-state index contributed by atoms with van der Waals surface area (Å²) >= 11 is 0. The van der Waals surface area contributed by atoms with E-state index in [4.69, 9.17) is 0 Å². The molecule has 0 spiro atoms. The predicted octanol–water partition coefficient (Wildman–Crippen LogP) is 3.35. The van der Waals surface area contributed by atoms with Crippen molar-refractivity contribution in [2.24, 2.45) is 11.3 Å². The molecule has 0 radical (unpaired) electrons. The first kappa shape index (κ1) is 13.7. The van der Waals surface area contributed by atoms with Crippen molar-refractivity contribution in [3.8, 4) is 0 Å². The number of likely N-dealkylation sites (tertiary alicyclic amines) is 2. The lowest BCUT2D eigenvalue weighted by molar-refractivity contribution is 0.136. The summed E-state index contributed by atoms with van der Waals surface area (Å²) in [6.45, 7) is 10.7. The zero-order valence-electron chi connectivity index (χ0n) is 12.2. The van der Waals surface area contributed by atoms with Gasteiger partial charge in [0, 0.05) is 26.2 Å². The first-order chi connectivity index (χ1) is 8.60. The Bertz CT molecular complexity index is 291. The zero-order valence-corrected chi connectivity index (χ0v) is 12.2. The van der Waals surface area contributed by atoms with Crippen molar-refractivity contribution < 1.29 is 4.79 Å². The molecular weight excluding hydrogens is 224 g/mol. The Balaban J connectivity index is 1.91. The Morgan fingerprint density at radius 3 is 2.22 bits per heavy atom. The fourth-order valence-electron chi connectivity index (χ4n) is 3.33. The van der Waals surface area contributed by atoms with Crippen molar-refractivity contribution >= 4 is 6.03 Å². The first-order valence-corrected chi connectivity index (χ1v) is 7.64. The van der Waals surface area contributed by atoms with Gasteiger partial charge in [0.05, 0.1) is 0 Å². The maximum absolute atomic E-state index is 12.5. The number of hydrogen-bond acceptors (Lipinski definition) is 1. The molecule has 2 saturated heterocycles. The third-order valence-corrected chi connectivity index (χ3v) is 5.26. The van der Waals surface area contributed by atoms with Gasteiger partial charge in [-0.15, -0.1) is 0 Å². The van der Waals surface area contributed by atoms with Gasteiger partial charge in [-0.2, -0.15) is 0 Å². The Kier molecular flexibility index (Phi) is 4.18. The van der Waals surface area contributed by atoms with Gasteiger partial charge in [0.15, 0.2) is 0 Å². The summed E-state index contributed by atoms with van der Waals surface area (Å²) in [6, 6.07) is 0.297. The number of rotatable bonds is 2. The lowest BCUT2D eigenvalue weighted by Gasteiger charge is -2.34. The van der Waals surface area contributed by atoms with Crippen LogP contribution in [0.4, 0.5) is 4.79 Å². The average Bonchev–Trinajstić information content (AvgIpc) is 2.84. The molecule has 104 valence electrons. The Hall–Kier alpha value is -0.730. The van der Waals surface area contributed by atoms with Crippen LogP contribution in [0, 0.1) is 11.3 Å². The van der Waals surface area contributed by atoms with Gasteiger partial charge in [-0.25, -0.2) is 4.79 Å². The van der Waals surface area contributed by atoms with Gasteiger partial charge in [0.25, 0.3) is 0 Å². The largest absolute Gasteiger partial charge is 0.325 e. The molecule has 0 aromatic heterocycles. The van der Waals surface area contributed by atoms with E-state index in [9.17, 15) is 4.79 Å². The minimum atomic E-state index is 0.297. The molecule has 0 aromatic carbocycles. The zero-order chi connectivity index (χ0) is 13.2. The van der Waals surface area contributed by atoms with Crippen molar-refractivity contribution in [3.63, 3.8) is 0 Å². The van der Waals surface area contributed by atoms with Crippen molar-refractivity contribution in [2.75, 3.05) is 26.2 Å². The quantitative estimate of drug-likeness (QED) is 0.739. The second kappa shape index (κ2) is 5.50.